The summed E-state index contributed by atoms with van der Waals surface area (Å²) in [5.41, 5.74) is 0. The van der Waals surface area contributed by atoms with Crippen LogP contribution in [0.25, 0.3) is 0 Å². The van der Waals surface area contributed by atoms with Gasteiger partial charge in [-0.3, -0.25) is 4.90 Å². The maximum atomic E-state index is 9.72. The first-order chi connectivity index (χ1) is 8.83. The Kier molecular flexibility index (Phi) is 4.22. The lowest BCUT2D eigenvalue weighted by Crippen LogP contribution is -2.46. The zero-order valence-electron chi connectivity index (χ0n) is 11.5. The SMILES string of the molecule is OC1CCCC(CNC2CCN3CCCCC23)C1. The lowest BCUT2D eigenvalue weighted by Gasteiger charge is -2.34. The van der Waals surface area contributed by atoms with Gasteiger partial charge in [0.15, 0.2) is 0 Å². The second kappa shape index (κ2) is 5.89. The zero-order valence-corrected chi connectivity index (χ0v) is 11.5. The van der Waals surface area contributed by atoms with Crippen LogP contribution in [0.5, 0.6) is 0 Å². The summed E-state index contributed by atoms with van der Waals surface area (Å²) >= 11 is 0. The van der Waals surface area contributed by atoms with Gasteiger partial charge in [0.05, 0.1) is 6.10 Å². The lowest BCUT2D eigenvalue weighted by molar-refractivity contribution is 0.0980. The Morgan fingerprint density at radius 1 is 1.00 bits per heavy atom. The standard InChI is InChI=1S/C15H28N2O/c18-13-5-3-4-12(10-13)11-16-14-7-9-17-8-2-1-6-15(14)17/h12-16,18H,1-11H2. The van der Waals surface area contributed by atoms with Crippen molar-refractivity contribution in [1.29, 1.82) is 0 Å². The van der Waals surface area contributed by atoms with Gasteiger partial charge >= 0.3 is 0 Å². The van der Waals surface area contributed by atoms with Gasteiger partial charge in [-0.25, -0.2) is 0 Å². The highest BCUT2D eigenvalue weighted by atomic mass is 16.3. The van der Waals surface area contributed by atoms with Crippen LogP contribution in [0, 0.1) is 5.92 Å². The van der Waals surface area contributed by atoms with Crippen LogP contribution in [0.15, 0.2) is 0 Å². The Morgan fingerprint density at radius 2 is 1.94 bits per heavy atom. The third-order valence-corrected chi connectivity index (χ3v) is 5.28. The molecule has 0 aromatic rings. The van der Waals surface area contributed by atoms with E-state index in [1.165, 1.54) is 51.6 Å². The third kappa shape index (κ3) is 2.89. The molecule has 2 saturated heterocycles. The topological polar surface area (TPSA) is 35.5 Å². The van der Waals surface area contributed by atoms with Crippen LogP contribution < -0.4 is 5.32 Å². The summed E-state index contributed by atoms with van der Waals surface area (Å²) in [6.45, 7) is 3.76. The zero-order chi connectivity index (χ0) is 12.4. The molecule has 0 aromatic heterocycles. The molecule has 0 amide bonds. The van der Waals surface area contributed by atoms with E-state index in [1.54, 1.807) is 0 Å². The van der Waals surface area contributed by atoms with Crippen LogP contribution >= 0.6 is 0 Å². The van der Waals surface area contributed by atoms with E-state index in [-0.39, 0.29) is 6.10 Å². The van der Waals surface area contributed by atoms with Crippen molar-refractivity contribution in [2.75, 3.05) is 19.6 Å². The first-order valence-corrected chi connectivity index (χ1v) is 7.98. The molecule has 3 nitrogen and oxygen atoms in total. The second-order valence-electron chi connectivity index (χ2n) is 6.59. The first kappa shape index (κ1) is 12.9. The fourth-order valence-corrected chi connectivity index (χ4v) is 4.25. The average molecular weight is 252 g/mol. The minimum absolute atomic E-state index is 0.0275. The van der Waals surface area contributed by atoms with E-state index in [9.17, 15) is 5.11 Å². The highest BCUT2D eigenvalue weighted by Crippen LogP contribution is 2.28. The molecule has 104 valence electrons. The Bertz CT molecular complexity index is 271. The van der Waals surface area contributed by atoms with Gasteiger partial charge in [0.2, 0.25) is 0 Å². The van der Waals surface area contributed by atoms with Gasteiger partial charge in [-0.1, -0.05) is 12.8 Å². The van der Waals surface area contributed by atoms with Crippen LogP contribution in [0.4, 0.5) is 0 Å². The van der Waals surface area contributed by atoms with Crippen molar-refractivity contribution in [3.63, 3.8) is 0 Å². The van der Waals surface area contributed by atoms with Crippen molar-refractivity contribution in [1.82, 2.24) is 10.2 Å². The molecule has 0 bridgehead atoms. The average Bonchev–Trinajstić information content (AvgIpc) is 2.80. The van der Waals surface area contributed by atoms with E-state index in [2.05, 4.69) is 10.2 Å². The predicted molar refractivity (Wildman–Crippen MR) is 73.6 cm³/mol. The maximum Gasteiger partial charge on any atom is 0.0543 e. The van der Waals surface area contributed by atoms with Gasteiger partial charge in [0, 0.05) is 18.6 Å². The lowest BCUT2D eigenvalue weighted by atomic mass is 9.87. The smallest absolute Gasteiger partial charge is 0.0543 e. The molecule has 4 atom stereocenters. The number of piperidine rings is 1. The molecule has 2 aliphatic heterocycles. The Balaban J connectivity index is 1.45. The van der Waals surface area contributed by atoms with Crippen molar-refractivity contribution in [2.24, 2.45) is 5.92 Å². The van der Waals surface area contributed by atoms with Crippen LogP contribution in [-0.4, -0.2) is 47.8 Å². The van der Waals surface area contributed by atoms with Gasteiger partial charge in [-0.05, 0) is 57.5 Å². The van der Waals surface area contributed by atoms with Crippen LogP contribution in [0.3, 0.4) is 0 Å². The normalized spacial score (nSPS) is 41.8. The molecule has 1 aliphatic carbocycles. The van der Waals surface area contributed by atoms with Crippen molar-refractivity contribution in [3.8, 4) is 0 Å². The van der Waals surface area contributed by atoms with Crippen molar-refractivity contribution in [3.05, 3.63) is 0 Å². The molecule has 2 N–H and O–H groups in total. The molecule has 3 fully saturated rings. The minimum atomic E-state index is -0.0275. The Labute approximate surface area is 111 Å². The van der Waals surface area contributed by atoms with Gasteiger partial charge < -0.3 is 10.4 Å². The van der Waals surface area contributed by atoms with Crippen LogP contribution in [0.2, 0.25) is 0 Å². The van der Waals surface area contributed by atoms with E-state index in [0.29, 0.717) is 5.92 Å². The van der Waals surface area contributed by atoms with Crippen molar-refractivity contribution in [2.45, 2.75) is 69.6 Å². The second-order valence-corrected chi connectivity index (χ2v) is 6.59. The number of nitrogens with one attached hydrogen (secondary N) is 1. The molecule has 3 rings (SSSR count). The molecule has 3 aliphatic rings. The Morgan fingerprint density at radius 3 is 2.83 bits per heavy atom. The number of hydrogen-bond donors (Lipinski definition) is 2. The highest BCUT2D eigenvalue weighted by molar-refractivity contribution is 4.94. The van der Waals surface area contributed by atoms with Crippen molar-refractivity contribution >= 4 is 0 Å². The quantitative estimate of drug-likeness (QED) is 0.803. The molecule has 4 unspecified atom stereocenters. The number of fused-ring (bicyclic) bond motifs is 1. The summed E-state index contributed by atoms with van der Waals surface area (Å²) in [4.78, 5) is 2.69. The molecule has 0 radical (unpaired) electrons. The number of hydrogen-bond acceptors (Lipinski definition) is 3. The summed E-state index contributed by atoms with van der Waals surface area (Å²) in [5, 5.41) is 13.5. The summed E-state index contributed by atoms with van der Waals surface area (Å²) < 4.78 is 0. The van der Waals surface area contributed by atoms with Gasteiger partial charge in [0.25, 0.3) is 0 Å². The fraction of sp³-hybridized carbons (Fsp3) is 1.00. The highest BCUT2D eigenvalue weighted by Gasteiger charge is 2.35. The minimum Gasteiger partial charge on any atom is -0.393 e. The van der Waals surface area contributed by atoms with E-state index in [4.69, 9.17) is 0 Å². The predicted octanol–water partition coefficient (Wildman–Crippen LogP) is 1.75. The number of rotatable bonds is 3. The molecular weight excluding hydrogens is 224 g/mol. The van der Waals surface area contributed by atoms with Crippen LogP contribution in [0.1, 0.15) is 51.4 Å². The van der Waals surface area contributed by atoms with Gasteiger partial charge in [0.1, 0.15) is 0 Å². The summed E-state index contributed by atoms with van der Waals surface area (Å²) in [6, 6.07) is 1.54. The monoisotopic (exact) mass is 252 g/mol. The molecular formula is C15H28N2O. The van der Waals surface area contributed by atoms with Gasteiger partial charge in [-0.15, -0.1) is 0 Å². The van der Waals surface area contributed by atoms with E-state index < -0.39 is 0 Å². The van der Waals surface area contributed by atoms with E-state index in [0.717, 1.165) is 31.5 Å². The first-order valence-electron chi connectivity index (χ1n) is 7.98. The fourth-order valence-electron chi connectivity index (χ4n) is 4.25. The number of nitrogens with zero attached hydrogens (tertiary/aromatic N) is 1. The Hall–Kier alpha value is -0.120. The molecule has 0 aromatic carbocycles. The molecule has 18 heavy (non-hydrogen) atoms. The van der Waals surface area contributed by atoms with Gasteiger partial charge in [-0.2, -0.15) is 0 Å². The number of aliphatic hydroxyl groups is 1. The molecule has 2 heterocycles. The maximum absolute atomic E-state index is 9.72. The van der Waals surface area contributed by atoms with E-state index >= 15 is 0 Å². The summed E-state index contributed by atoms with van der Waals surface area (Å²) in [7, 11) is 0. The molecule has 0 spiro atoms. The summed E-state index contributed by atoms with van der Waals surface area (Å²) in [5.74, 6) is 0.714. The largest absolute Gasteiger partial charge is 0.393 e. The van der Waals surface area contributed by atoms with E-state index in [1.807, 2.05) is 0 Å². The third-order valence-electron chi connectivity index (χ3n) is 5.28. The van der Waals surface area contributed by atoms with Crippen molar-refractivity contribution < 1.29 is 5.11 Å². The molecule has 3 heteroatoms. The number of aliphatic hydroxyl groups excluding tert-OH is 1. The molecule has 1 saturated carbocycles. The van der Waals surface area contributed by atoms with Crippen LogP contribution in [-0.2, 0) is 0 Å². The summed E-state index contributed by atoms with van der Waals surface area (Å²) in [6.07, 6.45) is 10.1.